The van der Waals surface area contributed by atoms with Crippen LogP contribution >= 0.6 is 15.6 Å². The van der Waals surface area contributed by atoms with Crippen LogP contribution in [0.5, 0.6) is 0 Å². The van der Waals surface area contributed by atoms with Gasteiger partial charge in [-0.1, -0.05) is 325 Å². The van der Waals surface area contributed by atoms with Crippen LogP contribution in [0.2, 0.25) is 0 Å². The van der Waals surface area contributed by atoms with E-state index < -0.39 is 97.5 Å². The van der Waals surface area contributed by atoms with E-state index in [0.29, 0.717) is 31.6 Å². The number of aliphatic hydroxyl groups excluding tert-OH is 1. The summed E-state index contributed by atoms with van der Waals surface area (Å²) >= 11 is 0. The third kappa shape index (κ3) is 66.0. The second-order valence-corrected chi connectivity index (χ2v) is 31.4. The standard InChI is InChI=1S/C75H146O17P2/c1-9-67(7)53-45-37-28-22-19-20-24-31-41-49-57-74(79)91-71(62-86-73(78)56-48-40-34-33-36-44-52-66(5)6)64-90-94(83,84)88-60-69(76)59-87-93(81,82)89-63-70(92-75(80)58-50-42-32-26-25-29-38-46-54-68(8)10-2)61-85-72(77)55-47-39-30-23-18-16-14-12-11-13-15-17-21-27-35-43-51-65(3)4/h65-71,76H,9-64H2,1-8H3,(H,81,82)(H,83,84)/t67?,68?,69-,70-,71-/m1/s1. The summed E-state index contributed by atoms with van der Waals surface area (Å²) in [6.45, 7) is 14.2. The van der Waals surface area contributed by atoms with Crippen molar-refractivity contribution in [1.82, 2.24) is 0 Å². The monoisotopic (exact) mass is 1380 g/mol. The van der Waals surface area contributed by atoms with Crippen molar-refractivity contribution in [3.05, 3.63) is 0 Å². The molecule has 0 aliphatic carbocycles. The molecule has 0 bridgehead atoms. The molecule has 0 aromatic carbocycles. The molecule has 3 N–H and O–H groups in total. The highest BCUT2D eigenvalue weighted by atomic mass is 31.2. The molecular formula is C75H146O17P2. The van der Waals surface area contributed by atoms with Gasteiger partial charge < -0.3 is 33.8 Å². The number of unbranched alkanes of at least 4 members (excludes halogenated alkanes) is 36. The van der Waals surface area contributed by atoms with Crippen LogP contribution < -0.4 is 0 Å². The van der Waals surface area contributed by atoms with Crippen molar-refractivity contribution in [2.24, 2.45) is 23.7 Å². The van der Waals surface area contributed by atoms with Gasteiger partial charge in [0, 0.05) is 25.7 Å². The van der Waals surface area contributed by atoms with Crippen LogP contribution in [0.1, 0.15) is 376 Å². The third-order valence-corrected chi connectivity index (χ3v) is 19.9. The minimum atomic E-state index is -4.96. The van der Waals surface area contributed by atoms with Crippen molar-refractivity contribution >= 4 is 39.5 Å². The molecule has 558 valence electrons. The molecule has 0 saturated carbocycles. The van der Waals surface area contributed by atoms with Gasteiger partial charge in [-0.2, -0.15) is 0 Å². The molecule has 0 saturated heterocycles. The number of esters is 4. The molecule has 0 fully saturated rings. The van der Waals surface area contributed by atoms with Crippen LogP contribution in [-0.4, -0.2) is 96.7 Å². The van der Waals surface area contributed by atoms with Crippen molar-refractivity contribution < 1.29 is 80.2 Å². The number of phosphoric acid groups is 2. The highest BCUT2D eigenvalue weighted by Crippen LogP contribution is 2.45. The lowest BCUT2D eigenvalue weighted by molar-refractivity contribution is -0.161. The number of hydrogen-bond donors (Lipinski definition) is 3. The fourth-order valence-electron chi connectivity index (χ4n) is 11.3. The molecule has 7 atom stereocenters. The molecule has 94 heavy (non-hydrogen) atoms. The molecule has 0 aliphatic heterocycles. The maximum Gasteiger partial charge on any atom is 0.472 e. The second kappa shape index (κ2) is 64.4. The van der Waals surface area contributed by atoms with Crippen LogP contribution in [0.3, 0.4) is 0 Å². The Morgan fingerprint density at radius 1 is 0.298 bits per heavy atom. The fourth-order valence-corrected chi connectivity index (χ4v) is 12.9. The predicted octanol–water partition coefficient (Wildman–Crippen LogP) is 21.7. The summed E-state index contributed by atoms with van der Waals surface area (Å²) < 4.78 is 68.4. The molecule has 0 rings (SSSR count). The Hall–Kier alpha value is -1.94. The zero-order valence-electron chi connectivity index (χ0n) is 61.6. The van der Waals surface area contributed by atoms with Gasteiger partial charge in [0.2, 0.25) is 0 Å². The Balaban J connectivity index is 5.21. The Bertz CT molecular complexity index is 1850. The Morgan fingerprint density at radius 3 is 0.755 bits per heavy atom. The van der Waals surface area contributed by atoms with Crippen LogP contribution in [0, 0.1) is 23.7 Å². The topological polar surface area (TPSA) is 237 Å². The Morgan fingerprint density at radius 2 is 0.511 bits per heavy atom. The molecule has 0 aromatic rings. The summed E-state index contributed by atoms with van der Waals surface area (Å²) in [6.07, 6.45) is 48.7. The van der Waals surface area contributed by atoms with E-state index in [2.05, 4.69) is 55.4 Å². The molecule has 4 unspecified atom stereocenters. The number of carbonyl (C=O) groups excluding carboxylic acids is 4. The van der Waals surface area contributed by atoms with Crippen LogP contribution in [0.15, 0.2) is 0 Å². The van der Waals surface area contributed by atoms with Gasteiger partial charge in [-0.3, -0.25) is 37.3 Å². The van der Waals surface area contributed by atoms with Gasteiger partial charge in [-0.25, -0.2) is 9.13 Å². The third-order valence-electron chi connectivity index (χ3n) is 18.0. The van der Waals surface area contributed by atoms with Gasteiger partial charge in [-0.15, -0.1) is 0 Å². The van der Waals surface area contributed by atoms with E-state index in [0.717, 1.165) is 114 Å². The maximum atomic E-state index is 13.1. The Kier molecular flexibility index (Phi) is 63.1. The van der Waals surface area contributed by atoms with Crippen molar-refractivity contribution in [2.75, 3.05) is 39.6 Å². The van der Waals surface area contributed by atoms with Crippen LogP contribution in [-0.2, 0) is 65.4 Å². The summed E-state index contributed by atoms with van der Waals surface area (Å²) in [5, 5.41) is 10.6. The SMILES string of the molecule is CCC(C)CCCCCCCCCCCCC(=O)O[C@H](COC(=O)CCCCCCCCC(C)C)COP(=O)(O)OC[C@H](O)COP(=O)(O)OC[C@@H](COC(=O)CCCCCCCCCCCCCCCCCCC(C)C)OC(=O)CCCCCCCCCCC(C)CC. The molecule has 0 spiro atoms. The van der Waals surface area contributed by atoms with E-state index in [-0.39, 0.29) is 25.7 Å². The summed E-state index contributed by atoms with van der Waals surface area (Å²) in [5.74, 6) is 0.939. The average Bonchev–Trinajstić information content (AvgIpc) is 1.22. The van der Waals surface area contributed by atoms with Gasteiger partial charge in [-0.05, 0) is 49.4 Å². The number of ether oxygens (including phenoxy) is 4. The van der Waals surface area contributed by atoms with Gasteiger partial charge in [0.15, 0.2) is 12.2 Å². The number of hydrogen-bond acceptors (Lipinski definition) is 15. The lowest BCUT2D eigenvalue weighted by Gasteiger charge is -2.21. The van der Waals surface area contributed by atoms with Crippen molar-refractivity contribution in [2.45, 2.75) is 395 Å². The molecule has 0 radical (unpaired) electrons. The normalized spacial score (nSPS) is 14.7. The van der Waals surface area contributed by atoms with E-state index >= 15 is 0 Å². The van der Waals surface area contributed by atoms with E-state index in [1.165, 1.54) is 173 Å². The molecule has 0 heterocycles. The van der Waals surface area contributed by atoms with Gasteiger partial charge in [0.1, 0.15) is 19.3 Å². The van der Waals surface area contributed by atoms with Crippen molar-refractivity contribution in [3.8, 4) is 0 Å². The number of phosphoric ester groups is 2. The van der Waals surface area contributed by atoms with Crippen molar-refractivity contribution in [1.29, 1.82) is 0 Å². The smallest absolute Gasteiger partial charge is 0.462 e. The summed E-state index contributed by atoms with van der Waals surface area (Å²) in [7, 11) is -9.91. The first-order chi connectivity index (χ1) is 45.2. The van der Waals surface area contributed by atoms with E-state index in [1.807, 2.05) is 0 Å². The number of aliphatic hydroxyl groups is 1. The minimum Gasteiger partial charge on any atom is -0.462 e. The molecule has 0 aromatic heterocycles. The number of carbonyl (C=O) groups is 4. The largest absolute Gasteiger partial charge is 0.472 e. The van der Waals surface area contributed by atoms with Gasteiger partial charge in [0.25, 0.3) is 0 Å². The van der Waals surface area contributed by atoms with Crippen molar-refractivity contribution in [3.63, 3.8) is 0 Å². The minimum absolute atomic E-state index is 0.105. The zero-order valence-corrected chi connectivity index (χ0v) is 63.4. The second-order valence-electron chi connectivity index (χ2n) is 28.5. The van der Waals surface area contributed by atoms with Gasteiger partial charge in [0.05, 0.1) is 26.4 Å². The van der Waals surface area contributed by atoms with Gasteiger partial charge >= 0.3 is 39.5 Å². The predicted molar refractivity (Wildman–Crippen MR) is 381 cm³/mol. The lowest BCUT2D eigenvalue weighted by atomic mass is 9.99. The zero-order chi connectivity index (χ0) is 69.6. The fraction of sp³-hybridized carbons (Fsp3) is 0.947. The molecular weight excluding hydrogens is 1230 g/mol. The average molecular weight is 1380 g/mol. The molecule has 19 heteroatoms. The number of rotatable bonds is 72. The van der Waals surface area contributed by atoms with E-state index in [1.54, 1.807) is 0 Å². The molecule has 0 amide bonds. The maximum absolute atomic E-state index is 13.1. The van der Waals surface area contributed by atoms with E-state index in [9.17, 15) is 43.2 Å². The summed E-state index contributed by atoms with van der Waals surface area (Å²) in [5.41, 5.74) is 0. The van der Waals surface area contributed by atoms with Crippen LogP contribution in [0.25, 0.3) is 0 Å². The highest BCUT2D eigenvalue weighted by Gasteiger charge is 2.30. The highest BCUT2D eigenvalue weighted by molar-refractivity contribution is 7.47. The van der Waals surface area contributed by atoms with E-state index in [4.69, 9.17) is 37.0 Å². The quantitative estimate of drug-likeness (QED) is 0.0222. The lowest BCUT2D eigenvalue weighted by Crippen LogP contribution is -2.30. The van der Waals surface area contributed by atoms with Crippen LogP contribution in [0.4, 0.5) is 0 Å². The molecule has 0 aliphatic rings. The Labute approximate surface area is 575 Å². The first kappa shape index (κ1) is 92.1. The first-order valence-electron chi connectivity index (χ1n) is 38.8. The first-order valence-corrected chi connectivity index (χ1v) is 41.8. The molecule has 17 nitrogen and oxygen atoms in total. The summed E-state index contributed by atoms with van der Waals surface area (Å²) in [6, 6.07) is 0. The summed E-state index contributed by atoms with van der Waals surface area (Å²) in [4.78, 5) is 72.7.